The summed E-state index contributed by atoms with van der Waals surface area (Å²) in [4.78, 5) is 34.5. The lowest BCUT2D eigenvalue weighted by atomic mass is 10.1. The normalized spacial score (nSPS) is 10.9. The van der Waals surface area contributed by atoms with E-state index >= 15 is 0 Å². The third kappa shape index (κ3) is 9.39. The van der Waals surface area contributed by atoms with E-state index in [1.54, 1.807) is 18.2 Å². The molecule has 0 spiro atoms. The Morgan fingerprint density at radius 2 is 1.78 bits per heavy atom. The molecule has 0 aromatic heterocycles. The lowest BCUT2D eigenvalue weighted by Crippen LogP contribution is -2.08. The van der Waals surface area contributed by atoms with E-state index in [9.17, 15) is 14.4 Å². The number of ketones is 1. The van der Waals surface area contributed by atoms with Crippen molar-refractivity contribution in [3.63, 3.8) is 0 Å². The van der Waals surface area contributed by atoms with Crippen LogP contribution in [0.4, 0.5) is 0 Å². The lowest BCUT2D eigenvalue weighted by Gasteiger charge is -2.09. The maximum Gasteiger partial charge on any atom is 0.336 e. The van der Waals surface area contributed by atoms with E-state index in [1.807, 2.05) is 19.1 Å². The summed E-state index contributed by atoms with van der Waals surface area (Å²) in [5.41, 5.74) is 0.901. The Bertz CT molecular complexity index is 703. The van der Waals surface area contributed by atoms with Crippen LogP contribution in [0.5, 0.6) is 11.5 Å². The standard InChI is InChI=1S/C21H26O6/c1-4-5-6-7-14-26-20(23)12-13-21(24)27-18-11-10-17(9-8-16(2)22)15-19(18)25-3/h5-6,10-13,15H,4,7-9,14H2,1-3H3. The first-order valence-corrected chi connectivity index (χ1v) is 8.84. The van der Waals surface area contributed by atoms with Crippen molar-refractivity contribution < 1.29 is 28.6 Å². The van der Waals surface area contributed by atoms with Crippen LogP contribution in [0, 0.1) is 0 Å². The van der Waals surface area contributed by atoms with E-state index in [2.05, 4.69) is 0 Å². The second-order valence-electron chi connectivity index (χ2n) is 5.78. The molecule has 0 bridgehead atoms. The number of esters is 2. The Labute approximate surface area is 159 Å². The largest absolute Gasteiger partial charge is 0.493 e. The summed E-state index contributed by atoms with van der Waals surface area (Å²) in [6.07, 6.45) is 8.52. The van der Waals surface area contributed by atoms with E-state index in [-0.39, 0.29) is 18.1 Å². The topological polar surface area (TPSA) is 78.9 Å². The van der Waals surface area contributed by atoms with Crippen LogP contribution >= 0.6 is 0 Å². The number of allylic oxidation sites excluding steroid dienone is 1. The molecule has 0 saturated heterocycles. The second-order valence-corrected chi connectivity index (χ2v) is 5.78. The first kappa shape index (κ1) is 22.2. The van der Waals surface area contributed by atoms with E-state index in [0.29, 0.717) is 25.0 Å². The molecule has 1 aromatic rings. The van der Waals surface area contributed by atoms with Gasteiger partial charge >= 0.3 is 11.9 Å². The van der Waals surface area contributed by atoms with Crippen molar-refractivity contribution in [1.82, 2.24) is 0 Å². The lowest BCUT2D eigenvalue weighted by molar-refractivity contribution is -0.138. The third-order valence-electron chi connectivity index (χ3n) is 3.49. The molecule has 0 aliphatic carbocycles. The molecule has 0 fully saturated rings. The van der Waals surface area contributed by atoms with Gasteiger partial charge in [0.2, 0.25) is 0 Å². The summed E-state index contributed by atoms with van der Waals surface area (Å²) in [6.45, 7) is 3.81. The van der Waals surface area contributed by atoms with Gasteiger partial charge in [0.1, 0.15) is 5.78 Å². The fraction of sp³-hybridized carbons (Fsp3) is 0.381. The summed E-state index contributed by atoms with van der Waals surface area (Å²) < 4.78 is 15.4. The number of hydrogen-bond acceptors (Lipinski definition) is 6. The van der Waals surface area contributed by atoms with Crippen LogP contribution in [0.1, 0.15) is 38.7 Å². The number of aryl methyl sites for hydroxylation is 1. The Hall–Kier alpha value is -2.89. The first-order valence-electron chi connectivity index (χ1n) is 8.84. The van der Waals surface area contributed by atoms with Crippen molar-refractivity contribution in [2.45, 2.75) is 39.5 Å². The summed E-state index contributed by atoms with van der Waals surface area (Å²) in [5, 5.41) is 0. The minimum Gasteiger partial charge on any atom is -0.493 e. The van der Waals surface area contributed by atoms with Crippen molar-refractivity contribution in [2.24, 2.45) is 0 Å². The van der Waals surface area contributed by atoms with Gasteiger partial charge in [-0.3, -0.25) is 0 Å². The molecule has 0 amide bonds. The minimum atomic E-state index is -0.715. The molecule has 6 heteroatoms. The van der Waals surface area contributed by atoms with Crippen LogP contribution < -0.4 is 9.47 Å². The molecular formula is C21H26O6. The van der Waals surface area contributed by atoms with Gasteiger partial charge in [0.15, 0.2) is 11.5 Å². The molecule has 0 aliphatic rings. The maximum atomic E-state index is 11.9. The van der Waals surface area contributed by atoms with Crippen molar-refractivity contribution in [1.29, 1.82) is 0 Å². The summed E-state index contributed by atoms with van der Waals surface area (Å²) >= 11 is 0. The highest BCUT2D eigenvalue weighted by Gasteiger charge is 2.10. The third-order valence-corrected chi connectivity index (χ3v) is 3.49. The van der Waals surface area contributed by atoms with Gasteiger partial charge in [-0.2, -0.15) is 0 Å². The van der Waals surface area contributed by atoms with Crippen LogP contribution in [-0.4, -0.2) is 31.4 Å². The monoisotopic (exact) mass is 374 g/mol. The molecule has 0 N–H and O–H groups in total. The highest BCUT2D eigenvalue weighted by Crippen LogP contribution is 2.28. The number of carbonyl (C=O) groups excluding carboxylic acids is 3. The number of methoxy groups -OCH3 is 1. The number of rotatable bonds is 11. The molecule has 1 rings (SSSR count). The van der Waals surface area contributed by atoms with Gasteiger partial charge in [0.05, 0.1) is 13.7 Å². The number of Topliss-reactive ketones (excluding diaryl/α,β-unsaturated/α-hetero) is 1. The predicted octanol–water partition coefficient (Wildman–Crippen LogP) is 3.58. The molecule has 0 aliphatic heterocycles. The van der Waals surface area contributed by atoms with Gasteiger partial charge in [-0.15, -0.1) is 0 Å². The average molecular weight is 374 g/mol. The van der Waals surface area contributed by atoms with Crippen molar-refractivity contribution in [3.8, 4) is 11.5 Å². The number of ether oxygens (including phenoxy) is 3. The zero-order valence-electron chi connectivity index (χ0n) is 16.0. The molecule has 146 valence electrons. The van der Waals surface area contributed by atoms with Crippen LogP contribution in [-0.2, 0) is 25.5 Å². The van der Waals surface area contributed by atoms with Gasteiger partial charge < -0.3 is 19.0 Å². The second kappa shape index (κ2) is 12.5. The first-order chi connectivity index (χ1) is 13.0. The Balaban J connectivity index is 2.56. The van der Waals surface area contributed by atoms with Crippen molar-refractivity contribution in [3.05, 3.63) is 48.1 Å². The minimum absolute atomic E-state index is 0.0999. The van der Waals surface area contributed by atoms with Gasteiger partial charge in [-0.25, -0.2) is 9.59 Å². The SMILES string of the molecule is CCC=CCCOC(=O)C=CC(=O)Oc1ccc(CCC(C)=O)cc1OC. The average Bonchev–Trinajstić information content (AvgIpc) is 2.65. The van der Waals surface area contributed by atoms with Gasteiger partial charge in [-0.1, -0.05) is 25.1 Å². The molecular weight excluding hydrogens is 348 g/mol. The van der Waals surface area contributed by atoms with Gasteiger partial charge in [-0.05, 0) is 43.9 Å². The maximum absolute atomic E-state index is 11.9. The van der Waals surface area contributed by atoms with Crippen LogP contribution in [0.2, 0.25) is 0 Å². The Morgan fingerprint density at radius 1 is 1.04 bits per heavy atom. The quantitative estimate of drug-likeness (QED) is 0.194. The highest BCUT2D eigenvalue weighted by atomic mass is 16.6. The fourth-order valence-corrected chi connectivity index (χ4v) is 2.11. The van der Waals surface area contributed by atoms with Crippen LogP contribution in [0.3, 0.4) is 0 Å². The molecule has 27 heavy (non-hydrogen) atoms. The number of carbonyl (C=O) groups is 3. The van der Waals surface area contributed by atoms with Crippen molar-refractivity contribution >= 4 is 17.7 Å². The highest BCUT2D eigenvalue weighted by molar-refractivity contribution is 5.92. The van der Waals surface area contributed by atoms with E-state index < -0.39 is 11.9 Å². The Morgan fingerprint density at radius 3 is 2.44 bits per heavy atom. The summed E-state index contributed by atoms with van der Waals surface area (Å²) in [6, 6.07) is 5.07. The summed E-state index contributed by atoms with van der Waals surface area (Å²) in [5.74, 6) is -0.612. The summed E-state index contributed by atoms with van der Waals surface area (Å²) in [7, 11) is 1.46. The predicted molar refractivity (Wildman–Crippen MR) is 102 cm³/mol. The molecule has 0 saturated carbocycles. The molecule has 1 aromatic carbocycles. The van der Waals surface area contributed by atoms with Crippen LogP contribution in [0.25, 0.3) is 0 Å². The van der Waals surface area contributed by atoms with E-state index in [4.69, 9.17) is 14.2 Å². The van der Waals surface area contributed by atoms with Gasteiger partial charge in [0, 0.05) is 18.6 Å². The zero-order valence-corrected chi connectivity index (χ0v) is 16.0. The number of hydrogen-bond donors (Lipinski definition) is 0. The fourth-order valence-electron chi connectivity index (χ4n) is 2.11. The van der Waals surface area contributed by atoms with E-state index in [0.717, 1.165) is 24.1 Å². The molecule has 0 unspecified atom stereocenters. The van der Waals surface area contributed by atoms with E-state index in [1.165, 1.54) is 14.0 Å². The molecule has 0 heterocycles. The molecule has 0 radical (unpaired) electrons. The van der Waals surface area contributed by atoms with Crippen molar-refractivity contribution in [2.75, 3.05) is 13.7 Å². The van der Waals surface area contributed by atoms with Crippen LogP contribution in [0.15, 0.2) is 42.5 Å². The molecule has 0 atom stereocenters. The van der Waals surface area contributed by atoms with Gasteiger partial charge in [0.25, 0.3) is 0 Å². The number of benzene rings is 1. The zero-order chi connectivity index (χ0) is 20.1. The Kier molecular flexibility index (Phi) is 10.2. The smallest absolute Gasteiger partial charge is 0.336 e. The molecule has 6 nitrogen and oxygen atoms in total.